The number of hydrogen-bond donors (Lipinski definition) is 2. The van der Waals surface area contributed by atoms with Crippen LogP contribution in [0.4, 0.5) is 5.69 Å². The Kier molecular flexibility index (Phi) is 8.54. The number of aromatic nitrogens is 2. The van der Waals surface area contributed by atoms with Gasteiger partial charge in [-0.25, -0.2) is 0 Å². The number of aliphatic hydroxyl groups is 1. The van der Waals surface area contributed by atoms with Crippen molar-refractivity contribution < 1.29 is 27.3 Å². The molecule has 0 bridgehead atoms. The zero-order valence-electron chi connectivity index (χ0n) is 12.5. The van der Waals surface area contributed by atoms with E-state index in [1.165, 1.54) is 4.68 Å². The molecule has 0 amide bonds. The topological polar surface area (TPSA) is 83.0 Å². The predicted octanol–water partition coefficient (Wildman–Crippen LogP) is 2.90. The molecule has 0 unspecified atom stereocenters. The summed E-state index contributed by atoms with van der Waals surface area (Å²) in [6.07, 6.45) is 0. The molecule has 0 fully saturated rings. The smallest absolute Gasteiger partial charge is 0.243 e. The maximum absolute atomic E-state index is 10.0. The maximum atomic E-state index is 10.0. The summed E-state index contributed by atoms with van der Waals surface area (Å²) < 4.78 is 1.46. The first-order valence-electron chi connectivity index (χ1n) is 6.31. The molecule has 119 valence electrons. The number of hydrogen-bond acceptors (Lipinski definition) is 5. The fourth-order valence-electron chi connectivity index (χ4n) is 1.59. The van der Waals surface area contributed by atoms with Crippen LogP contribution in [0.2, 0.25) is 0 Å². The Hall–Kier alpha value is -1.69. The standard InChI is InChI=1S/C12H14N4O.C2H6O.Cu/c1-8-4-6-10(7-5-8)16-12(17)11(14-13-3)9(2)15-16;1-2-3;/h4-7,17H,1-3H3;3H,2H2,1H3;. The summed E-state index contributed by atoms with van der Waals surface area (Å²) in [5.41, 5.74) is 3.01. The van der Waals surface area contributed by atoms with E-state index in [0.717, 1.165) is 11.3 Å². The Morgan fingerprint density at radius 3 is 2.19 bits per heavy atom. The molecule has 0 atom stereocenters. The molecule has 21 heavy (non-hydrogen) atoms. The van der Waals surface area contributed by atoms with Gasteiger partial charge in [-0.15, -0.1) is 5.11 Å². The summed E-state index contributed by atoms with van der Waals surface area (Å²) in [5.74, 6) is 0.0111. The molecule has 0 spiro atoms. The molecule has 0 saturated carbocycles. The van der Waals surface area contributed by atoms with Gasteiger partial charge in [-0.05, 0) is 32.9 Å². The van der Waals surface area contributed by atoms with Gasteiger partial charge in [0.25, 0.3) is 0 Å². The van der Waals surface area contributed by atoms with Crippen molar-refractivity contribution in [1.29, 1.82) is 0 Å². The maximum Gasteiger partial charge on any atom is 0.243 e. The number of azo groups is 1. The van der Waals surface area contributed by atoms with Gasteiger partial charge in [0.1, 0.15) is 0 Å². The molecule has 1 radical (unpaired) electrons. The molecular formula is C14H20CuN4O2. The molecule has 1 aromatic carbocycles. The van der Waals surface area contributed by atoms with E-state index in [0.29, 0.717) is 11.4 Å². The molecule has 2 aromatic rings. The van der Waals surface area contributed by atoms with Crippen molar-refractivity contribution in [3.63, 3.8) is 0 Å². The van der Waals surface area contributed by atoms with Crippen LogP contribution in [0.3, 0.4) is 0 Å². The Morgan fingerprint density at radius 1 is 1.19 bits per heavy atom. The Balaban J connectivity index is 0.000000922. The summed E-state index contributed by atoms with van der Waals surface area (Å²) in [5, 5.41) is 29.3. The molecule has 6 nitrogen and oxygen atoms in total. The van der Waals surface area contributed by atoms with Crippen molar-refractivity contribution in [2.45, 2.75) is 20.8 Å². The molecule has 2 N–H and O–H groups in total. The van der Waals surface area contributed by atoms with E-state index in [1.807, 2.05) is 31.2 Å². The van der Waals surface area contributed by atoms with Gasteiger partial charge in [-0.1, -0.05) is 17.7 Å². The molecule has 0 saturated heterocycles. The quantitative estimate of drug-likeness (QED) is 0.651. The zero-order chi connectivity index (χ0) is 15.1. The van der Waals surface area contributed by atoms with Crippen LogP contribution in [0, 0.1) is 13.8 Å². The number of aromatic hydroxyl groups is 1. The first kappa shape index (κ1) is 19.3. The van der Waals surface area contributed by atoms with Gasteiger partial charge < -0.3 is 10.2 Å². The van der Waals surface area contributed by atoms with Gasteiger partial charge in [0.05, 0.1) is 11.4 Å². The number of nitrogens with zero attached hydrogens (tertiary/aromatic N) is 4. The third-order valence-electron chi connectivity index (χ3n) is 2.48. The third kappa shape index (κ3) is 4.97. The van der Waals surface area contributed by atoms with Crippen molar-refractivity contribution in [3.05, 3.63) is 35.5 Å². The average Bonchev–Trinajstić information content (AvgIpc) is 2.69. The largest absolute Gasteiger partial charge is 0.492 e. The Morgan fingerprint density at radius 2 is 1.71 bits per heavy atom. The number of rotatable bonds is 2. The van der Waals surface area contributed by atoms with Crippen LogP contribution >= 0.6 is 0 Å². The van der Waals surface area contributed by atoms with E-state index in [4.69, 9.17) is 5.11 Å². The molecule has 0 aliphatic carbocycles. The average molecular weight is 340 g/mol. The van der Waals surface area contributed by atoms with Crippen LogP contribution in [0.1, 0.15) is 18.2 Å². The summed E-state index contributed by atoms with van der Waals surface area (Å²) in [6.45, 7) is 5.73. The van der Waals surface area contributed by atoms with Crippen LogP contribution in [0.5, 0.6) is 5.88 Å². The first-order chi connectivity index (χ1) is 9.54. The van der Waals surface area contributed by atoms with E-state index in [2.05, 4.69) is 15.3 Å². The SMILES string of the molecule is CCO.CN=Nc1c(C)nn(-c2ccc(C)cc2)c1O.[Cu]. The molecule has 1 aromatic heterocycles. The van der Waals surface area contributed by atoms with Crippen molar-refractivity contribution in [1.82, 2.24) is 9.78 Å². The first-order valence-corrected chi connectivity index (χ1v) is 6.31. The van der Waals surface area contributed by atoms with Gasteiger partial charge in [0.15, 0.2) is 5.69 Å². The van der Waals surface area contributed by atoms with Crippen LogP contribution in [0.25, 0.3) is 5.69 Å². The van der Waals surface area contributed by atoms with Gasteiger partial charge >= 0.3 is 0 Å². The van der Waals surface area contributed by atoms with E-state index < -0.39 is 0 Å². The molecule has 7 heteroatoms. The number of benzene rings is 1. The molecule has 0 aliphatic rings. The van der Waals surface area contributed by atoms with Crippen molar-refractivity contribution >= 4 is 5.69 Å². The Labute approximate surface area is 135 Å². The molecule has 1 heterocycles. The van der Waals surface area contributed by atoms with Crippen molar-refractivity contribution in [3.8, 4) is 11.6 Å². The minimum absolute atomic E-state index is 0. The fourth-order valence-corrected chi connectivity index (χ4v) is 1.59. The number of aryl methyl sites for hydroxylation is 2. The second-order valence-corrected chi connectivity index (χ2v) is 4.12. The van der Waals surface area contributed by atoms with E-state index in [9.17, 15) is 5.11 Å². The molecule has 0 aliphatic heterocycles. The Bertz CT molecular complexity index is 579. The van der Waals surface area contributed by atoms with Crippen LogP contribution in [-0.4, -0.2) is 33.6 Å². The summed E-state index contributed by atoms with van der Waals surface area (Å²) >= 11 is 0. The molecular weight excluding hydrogens is 320 g/mol. The van der Waals surface area contributed by atoms with Crippen LogP contribution in [-0.2, 0) is 17.1 Å². The van der Waals surface area contributed by atoms with Gasteiger partial charge in [-0.3, -0.25) is 0 Å². The van der Waals surface area contributed by atoms with Gasteiger partial charge in [0.2, 0.25) is 5.88 Å². The third-order valence-corrected chi connectivity index (χ3v) is 2.48. The zero-order valence-corrected chi connectivity index (χ0v) is 13.4. The normalized spacial score (nSPS) is 9.95. The van der Waals surface area contributed by atoms with E-state index in [1.54, 1.807) is 20.9 Å². The minimum Gasteiger partial charge on any atom is -0.492 e. The predicted molar refractivity (Wildman–Crippen MR) is 77.9 cm³/mol. The summed E-state index contributed by atoms with van der Waals surface area (Å²) in [7, 11) is 1.56. The second-order valence-electron chi connectivity index (χ2n) is 4.12. The summed E-state index contributed by atoms with van der Waals surface area (Å²) in [6, 6.07) is 7.72. The van der Waals surface area contributed by atoms with Crippen molar-refractivity contribution in [2.75, 3.05) is 13.7 Å². The van der Waals surface area contributed by atoms with Crippen molar-refractivity contribution in [2.24, 2.45) is 10.2 Å². The van der Waals surface area contributed by atoms with Gasteiger partial charge in [-0.2, -0.15) is 14.9 Å². The second kappa shape index (κ2) is 9.28. The van der Waals surface area contributed by atoms with E-state index >= 15 is 0 Å². The monoisotopic (exact) mass is 339 g/mol. The van der Waals surface area contributed by atoms with Crippen LogP contribution in [0.15, 0.2) is 34.5 Å². The van der Waals surface area contributed by atoms with Gasteiger partial charge in [0, 0.05) is 30.7 Å². The van der Waals surface area contributed by atoms with E-state index in [-0.39, 0.29) is 29.6 Å². The van der Waals surface area contributed by atoms with Crippen LogP contribution < -0.4 is 0 Å². The summed E-state index contributed by atoms with van der Waals surface area (Å²) in [4.78, 5) is 0. The number of aliphatic hydroxyl groups excluding tert-OH is 1. The minimum atomic E-state index is 0. The molecule has 2 rings (SSSR count). The fraction of sp³-hybridized carbons (Fsp3) is 0.357.